The fourth-order valence-electron chi connectivity index (χ4n) is 1.99. The number of alkyl halides is 3. The summed E-state index contributed by atoms with van der Waals surface area (Å²) in [6.45, 7) is 6.04. The van der Waals surface area contributed by atoms with Gasteiger partial charge in [-0.25, -0.2) is 9.31 Å². The van der Waals surface area contributed by atoms with E-state index in [9.17, 15) is 22.8 Å². The van der Waals surface area contributed by atoms with Gasteiger partial charge in [0.05, 0.1) is 14.7 Å². The molecule has 0 aliphatic carbocycles. The molecular weight excluding hydrogens is 454 g/mol. The summed E-state index contributed by atoms with van der Waals surface area (Å²) in [5.41, 5.74) is -1.41. The van der Waals surface area contributed by atoms with Gasteiger partial charge in [0.2, 0.25) is 5.91 Å². The lowest BCUT2D eigenvalue weighted by atomic mass is 10.2. The Bertz CT molecular complexity index is 840. The third-order valence-electron chi connectivity index (χ3n) is 2.98. The third kappa shape index (κ3) is 4.22. The highest BCUT2D eigenvalue weighted by molar-refractivity contribution is 14.1. The standard InChI is InChI=1S/C15H15F3IN3O3/c1-8(23)22(13(24)25-14(2,3)4)12-11(19)10-6-5-9(15(16,17)18)7-21(10)20-12/h5-7H,1-4H3. The van der Waals surface area contributed by atoms with E-state index in [0.717, 1.165) is 23.7 Å². The van der Waals surface area contributed by atoms with E-state index >= 15 is 0 Å². The minimum Gasteiger partial charge on any atom is -0.443 e. The summed E-state index contributed by atoms with van der Waals surface area (Å²) in [5, 5.41) is 3.97. The molecule has 0 spiro atoms. The number of hydrogen-bond donors (Lipinski definition) is 0. The zero-order valence-corrected chi connectivity index (χ0v) is 16.0. The van der Waals surface area contributed by atoms with Crippen molar-refractivity contribution in [3.05, 3.63) is 27.5 Å². The van der Waals surface area contributed by atoms with Gasteiger partial charge >= 0.3 is 12.3 Å². The normalized spacial score (nSPS) is 12.3. The number of ether oxygens (including phenoxy) is 1. The summed E-state index contributed by atoms with van der Waals surface area (Å²) >= 11 is 1.82. The SMILES string of the molecule is CC(=O)N(C(=O)OC(C)(C)C)c1nn2cc(C(F)(F)F)ccc2c1I. The van der Waals surface area contributed by atoms with Gasteiger partial charge in [0, 0.05) is 13.1 Å². The summed E-state index contributed by atoms with van der Waals surface area (Å²) in [6, 6.07) is 2.14. The monoisotopic (exact) mass is 469 g/mol. The highest BCUT2D eigenvalue weighted by Crippen LogP contribution is 2.32. The maximum atomic E-state index is 12.8. The van der Waals surface area contributed by atoms with Gasteiger partial charge in [-0.15, -0.1) is 5.10 Å². The molecule has 0 N–H and O–H groups in total. The van der Waals surface area contributed by atoms with Crippen LogP contribution >= 0.6 is 22.6 Å². The molecule has 0 bridgehead atoms. The van der Waals surface area contributed by atoms with Crippen LogP contribution in [-0.4, -0.2) is 27.2 Å². The zero-order valence-electron chi connectivity index (χ0n) is 13.8. The molecule has 25 heavy (non-hydrogen) atoms. The largest absolute Gasteiger partial charge is 0.443 e. The van der Waals surface area contributed by atoms with Crippen molar-refractivity contribution in [3.8, 4) is 0 Å². The number of halogens is 4. The smallest absolute Gasteiger partial charge is 0.423 e. The number of hydrogen-bond acceptors (Lipinski definition) is 4. The van der Waals surface area contributed by atoms with Crippen molar-refractivity contribution >= 4 is 45.9 Å². The number of imide groups is 1. The molecule has 0 saturated heterocycles. The molecule has 0 saturated carbocycles. The molecule has 2 amide bonds. The van der Waals surface area contributed by atoms with Crippen LogP contribution < -0.4 is 4.90 Å². The topological polar surface area (TPSA) is 63.9 Å². The fourth-order valence-corrected chi connectivity index (χ4v) is 2.76. The molecule has 10 heteroatoms. The van der Waals surface area contributed by atoms with Gasteiger partial charge in [-0.05, 0) is 55.5 Å². The lowest BCUT2D eigenvalue weighted by Gasteiger charge is -2.24. The molecule has 0 radical (unpaired) electrons. The third-order valence-corrected chi connectivity index (χ3v) is 4.02. The van der Waals surface area contributed by atoms with Crippen LogP contribution in [0.15, 0.2) is 18.3 Å². The van der Waals surface area contributed by atoms with Crippen LogP contribution in [0, 0.1) is 3.57 Å². The van der Waals surface area contributed by atoms with Gasteiger partial charge in [0.15, 0.2) is 5.82 Å². The Kier molecular flexibility index (Phi) is 5.04. The van der Waals surface area contributed by atoms with Crippen LogP contribution in [0.4, 0.5) is 23.8 Å². The van der Waals surface area contributed by atoms with E-state index < -0.39 is 29.3 Å². The number of fused-ring (bicyclic) bond motifs is 1. The number of anilines is 1. The van der Waals surface area contributed by atoms with Crippen LogP contribution in [0.25, 0.3) is 5.52 Å². The van der Waals surface area contributed by atoms with Gasteiger partial charge < -0.3 is 4.74 Å². The van der Waals surface area contributed by atoms with Gasteiger partial charge in [-0.2, -0.15) is 18.1 Å². The molecule has 0 aliphatic heterocycles. The van der Waals surface area contributed by atoms with Crippen LogP contribution in [0.5, 0.6) is 0 Å². The van der Waals surface area contributed by atoms with E-state index in [1.165, 1.54) is 6.07 Å². The molecule has 2 rings (SSSR count). The second-order valence-corrected chi connectivity index (χ2v) is 7.30. The van der Waals surface area contributed by atoms with Gasteiger partial charge in [0.1, 0.15) is 5.60 Å². The first kappa shape index (κ1) is 19.5. The summed E-state index contributed by atoms with van der Waals surface area (Å²) in [4.78, 5) is 24.9. The second-order valence-electron chi connectivity index (χ2n) is 6.22. The molecule has 2 aromatic rings. The van der Waals surface area contributed by atoms with Crippen molar-refractivity contribution in [2.75, 3.05) is 4.90 Å². The number of carbonyl (C=O) groups excluding carboxylic acids is 2. The van der Waals surface area contributed by atoms with Crippen LogP contribution in [-0.2, 0) is 15.7 Å². The molecule has 2 aromatic heterocycles. The fraction of sp³-hybridized carbons (Fsp3) is 0.400. The Labute approximate surface area is 155 Å². The second kappa shape index (κ2) is 6.46. The van der Waals surface area contributed by atoms with Crippen LogP contribution in [0.3, 0.4) is 0 Å². The zero-order chi connectivity index (χ0) is 19.2. The van der Waals surface area contributed by atoms with Crippen molar-refractivity contribution < 1.29 is 27.5 Å². The van der Waals surface area contributed by atoms with Gasteiger partial charge in [-0.1, -0.05) is 0 Å². The van der Waals surface area contributed by atoms with Crippen LogP contribution in [0.1, 0.15) is 33.3 Å². The molecule has 0 aromatic carbocycles. The average Bonchev–Trinajstić information content (AvgIpc) is 2.72. The van der Waals surface area contributed by atoms with Crippen molar-refractivity contribution in [1.82, 2.24) is 9.61 Å². The van der Waals surface area contributed by atoms with E-state index in [-0.39, 0.29) is 5.82 Å². The predicted molar refractivity (Wildman–Crippen MR) is 92.3 cm³/mol. The molecule has 0 unspecified atom stereocenters. The molecule has 2 heterocycles. The minimum absolute atomic E-state index is 0.0818. The first-order chi connectivity index (χ1) is 11.3. The first-order valence-electron chi connectivity index (χ1n) is 7.10. The average molecular weight is 469 g/mol. The number of amides is 2. The Balaban J connectivity index is 2.55. The Hall–Kier alpha value is -1.85. The van der Waals surface area contributed by atoms with Crippen molar-refractivity contribution in [2.45, 2.75) is 39.5 Å². The molecule has 6 nitrogen and oxygen atoms in total. The Morgan fingerprint density at radius 2 is 1.84 bits per heavy atom. The Morgan fingerprint density at radius 1 is 1.24 bits per heavy atom. The van der Waals surface area contributed by atoms with Crippen molar-refractivity contribution in [2.24, 2.45) is 0 Å². The molecule has 0 aliphatic rings. The molecule has 136 valence electrons. The number of pyridine rings is 1. The van der Waals surface area contributed by atoms with E-state index in [4.69, 9.17) is 4.74 Å². The highest BCUT2D eigenvalue weighted by Gasteiger charge is 2.33. The molecular formula is C15H15F3IN3O3. The summed E-state index contributed by atoms with van der Waals surface area (Å²) in [7, 11) is 0. The van der Waals surface area contributed by atoms with E-state index in [1.807, 2.05) is 22.6 Å². The number of aromatic nitrogens is 2. The van der Waals surface area contributed by atoms with E-state index in [2.05, 4.69) is 5.10 Å². The predicted octanol–water partition coefficient (Wildman–Crippen LogP) is 4.25. The Morgan fingerprint density at radius 3 is 2.32 bits per heavy atom. The summed E-state index contributed by atoms with van der Waals surface area (Å²) in [6.07, 6.45) is -4.68. The summed E-state index contributed by atoms with van der Waals surface area (Å²) in [5.74, 6) is -0.742. The van der Waals surface area contributed by atoms with Crippen LogP contribution in [0.2, 0.25) is 0 Å². The maximum Gasteiger partial charge on any atom is 0.423 e. The van der Waals surface area contributed by atoms with Crippen molar-refractivity contribution in [3.63, 3.8) is 0 Å². The number of nitrogens with zero attached hydrogens (tertiary/aromatic N) is 3. The minimum atomic E-state index is -4.53. The molecule has 0 fully saturated rings. The maximum absolute atomic E-state index is 12.8. The van der Waals surface area contributed by atoms with E-state index in [0.29, 0.717) is 14.0 Å². The first-order valence-corrected chi connectivity index (χ1v) is 8.18. The summed E-state index contributed by atoms with van der Waals surface area (Å²) < 4.78 is 45.0. The van der Waals surface area contributed by atoms with Gasteiger partial charge in [0.25, 0.3) is 0 Å². The molecule has 0 atom stereocenters. The van der Waals surface area contributed by atoms with Crippen molar-refractivity contribution in [1.29, 1.82) is 0 Å². The van der Waals surface area contributed by atoms with Gasteiger partial charge in [-0.3, -0.25) is 4.79 Å². The van der Waals surface area contributed by atoms with E-state index in [1.54, 1.807) is 20.8 Å². The lowest BCUT2D eigenvalue weighted by Crippen LogP contribution is -2.40. The quantitative estimate of drug-likeness (QED) is 0.587. The number of carbonyl (C=O) groups is 2. The number of rotatable bonds is 1. The highest BCUT2D eigenvalue weighted by atomic mass is 127. The lowest BCUT2D eigenvalue weighted by molar-refractivity contribution is -0.138.